The monoisotopic (exact) mass is 301 g/mol. The van der Waals surface area contributed by atoms with E-state index in [1.807, 2.05) is 19.1 Å². The minimum Gasteiger partial charge on any atom is -0.508 e. The van der Waals surface area contributed by atoms with E-state index in [0.29, 0.717) is 12.2 Å². The molecular formula is C18H23NO3. The van der Waals surface area contributed by atoms with Crippen molar-refractivity contribution in [3.63, 3.8) is 0 Å². The topological polar surface area (TPSA) is 83.5 Å². The first-order chi connectivity index (χ1) is 10.4. The van der Waals surface area contributed by atoms with E-state index in [4.69, 9.17) is 15.9 Å². The van der Waals surface area contributed by atoms with Gasteiger partial charge in [-0.15, -0.1) is 0 Å². The van der Waals surface area contributed by atoms with Gasteiger partial charge in [-0.1, -0.05) is 24.3 Å². The lowest BCUT2D eigenvalue weighted by atomic mass is 10.1. The molecule has 0 aliphatic carbocycles. The van der Waals surface area contributed by atoms with Crippen LogP contribution in [0.4, 0.5) is 0 Å². The summed E-state index contributed by atoms with van der Waals surface area (Å²) < 4.78 is 0. The first kappa shape index (κ1) is 17.7. The summed E-state index contributed by atoms with van der Waals surface area (Å²) in [6.45, 7) is 3.51. The van der Waals surface area contributed by atoms with E-state index in [-0.39, 0.29) is 17.6 Å². The number of aromatic hydroxyl groups is 2. The van der Waals surface area contributed by atoms with E-state index in [1.165, 1.54) is 0 Å². The first-order valence-electron chi connectivity index (χ1n) is 7.17. The Morgan fingerprint density at radius 3 is 1.73 bits per heavy atom. The summed E-state index contributed by atoms with van der Waals surface area (Å²) in [6.07, 6.45) is 1.31. The average Bonchev–Trinajstić information content (AvgIpc) is 2.44. The van der Waals surface area contributed by atoms with Gasteiger partial charge in [-0.25, -0.2) is 0 Å². The van der Waals surface area contributed by atoms with Crippen molar-refractivity contribution in [2.24, 2.45) is 5.73 Å². The Labute approximate surface area is 131 Å². The number of benzene rings is 2. The molecule has 0 radical (unpaired) electrons. The van der Waals surface area contributed by atoms with Crippen molar-refractivity contribution < 1.29 is 15.0 Å². The molecule has 1 unspecified atom stereocenters. The van der Waals surface area contributed by atoms with Crippen LogP contribution >= 0.6 is 0 Å². The van der Waals surface area contributed by atoms with Gasteiger partial charge in [0, 0.05) is 12.5 Å². The molecule has 0 aliphatic rings. The Balaban J connectivity index is 0.000000220. The molecule has 0 heterocycles. The molecule has 0 aromatic heterocycles. The van der Waals surface area contributed by atoms with Crippen molar-refractivity contribution in [2.45, 2.75) is 32.7 Å². The van der Waals surface area contributed by atoms with Gasteiger partial charge < -0.3 is 15.9 Å². The highest BCUT2D eigenvalue weighted by Gasteiger charge is 1.97. The summed E-state index contributed by atoms with van der Waals surface area (Å²) in [5, 5.41) is 17.9. The quantitative estimate of drug-likeness (QED) is 0.811. The van der Waals surface area contributed by atoms with Crippen molar-refractivity contribution in [3.8, 4) is 11.5 Å². The molecule has 2 rings (SSSR count). The van der Waals surface area contributed by atoms with Crippen molar-refractivity contribution in [1.82, 2.24) is 0 Å². The lowest BCUT2D eigenvalue weighted by molar-refractivity contribution is -0.116. The van der Waals surface area contributed by atoms with Gasteiger partial charge in [-0.05, 0) is 55.7 Å². The second-order valence-corrected chi connectivity index (χ2v) is 5.39. The Kier molecular flexibility index (Phi) is 7.13. The SMILES string of the molecule is CC(=O)Cc1ccc(O)cc1.CC(N)Cc1ccc(O)cc1. The van der Waals surface area contributed by atoms with Gasteiger partial charge in [0.15, 0.2) is 0 Å². The van der Waals surface area contributed by atoms with Gasteiger partial charge in [0.2, 0.25) is 0 Å². The fourth-order valence-electron chi connectivity index (χ4n) is 1.91. The summed E-state index contributed by atoms with van der Waals surface area (Å²) in [7, 11) is 0. The summed E-state index contributed by atoms with van der Waals surface area (Å²) in [5.74, 6) is 0.673. The van der Waals surface area contributed by atoms with Crippen molar-refractivity contribution in [3.05, 3.63) is 59.7 Å². The maximum atomic E-state index is 10.6. The first-order valence-corrected chi connectivity index (χ1v) is 7.17. The third-order valence-electron chi connectivity index (χ3n) is 2.88. The fourth-order valence-corrected chi connectivity index (χ4v) is 1.91. The molecule has 22 heavy (non-hydrogen) atoms. The Morgan fingerprint density at radius 2 is 1.36 bits per heavy atom. The third kappa shape index (κ3) is 7.45. The number of carbonyl (C=O) groups is 1. The Morgan fingerprint density at radius 1 is 0.955 bits per heavy atom. The molecule has 0 bridgehead atoms. The number of hydrogen-bond acceptors (Lipinski definition) is 4. The highest BCUT2D eigenvalue weighted by molar-refractivity contribution is 5.78. The molecule has 1 atom stereocenters. The summed E-state index contributed by atoms with van der Waals surface area (Å²) in [6, 6.07) is 14.0. The highest BCUT2D eigenvalue weighted by Crippen LogP contribution is 2.11. The van der Waals surface area contributed by atoms with Gasteiger partial charge in [-0.3, -0.25) is 4.79 Å². The molecule has 4 nitrogen and oxygen atoms in total. The van der Waals surface area contributed by atoms with Gasteiger partial charge in [0.25, 0.3) is 0 Å². The second kappa shape index (κ2) is 8.85. The number of hydrogen-bond donors (Lipinski definition) is 3. The highest BCUT2D eigenvalue weighted by atomic mass is 16.3. The predicted octanol–water partition coefficient (Wildman–Crippen LogP) is 2.81. The third-order valence-corrected chi connectivity index (χ3v) is 2.88. The van der Waals surface area contributed by atoms with Crippen molar-refractivity contribution in [2.75, 3.05) is 0 Å². The van der Waals surface area contributed by atoms with Crippen LogP contribution in [0.3, 0.4) is 0 Å². The number of phenols is 2. The molecule has 0 spiro atoms. The summed E-state index contributed by atoms with van der Waals surface area (Å²) in [4.78, 5) is 10.6. The van der Waals surface area contributed by atoms with E-state index in [1.54, 1.807) is 43.3 Å². The molecular weight excluding hydrogens is 278 g/mol. The molecule has 0 amide bonds. The number of rotatable bonds is 4. The smallest absolute Gasteiger partial charge is 0.134 e. The average molecular weight is 301 g/mol. The molecule has 0 aliphatic heterocycles. The van der Waals surface area contributed by atoms with Crippen LogP contribution in [-0.2, 0) is 17.6 Å². The van der Waals surface area contributed by atoms with E-state index in [9.17, 15) is 4.79 Å². The van der Waals surface area contributed by atoms with E-state index < -0.39 is 0 Å². The second-order valence-electron chi connectivity index (χ2n) is 5.39. The Hall–Kier alpha value is -2.33. The molecule has 2 aromatic carbocycles. The van der Waals surface area contributed by atoms with Crippen LogP contribution in [0.1, 0.15) is 25.0 Å². The largest absolute Gasteiger partial charge is 0.508 e. The molecule has 4 heteroatoms. The van der Waals surface area contributed by atoms with Crippen molar-refractivity contribution in [1.29, 1.82) is 0 Å². The van der Waals surface area contributed by atoms with Crippen molar-refractivity contribution >= 4 is 5.78 Å². The van der Waals surface area contributed by atoms with Crippen LogP contribution in [0.25, 0.3) is 0 Å². The minimum absolute atomic E-state index is 0.135. The zero-order chi connectivity index (χ0) is 16.5. The Bertz CT molecular complexity index is 574. The molecule has 0 fully saturated rings. The van der Waals surface area contributed by atoms with E-state index in [0.717, 1.165) is 17.5 Å². The standard InChI is InChI=1S/C9H13NO.C9H10O2/c2*1-7(10)6-8-2-4-9(11)5-3-8/h2-5,7,11H,6,10H2,1H3;2-5,11H,6H2,1H3. The van der Waals surface area contributed by atoms with Crippen LogP contribution in [-0.4, -0.2) is 22.0 Å². The number of ketones is 1. The molecule has 118 valence electrons. The molecule has 4 N–H and O–H groups in total. The maximum absolute atomic E-state index is 10.6. The lowest BCUT2D eigenvalue weighted by Crippen LogP contribution is -2.17. The molecule has 0 saturated heterocycles. The number of nitrogens with two attached hydrogens (primary N) is 1. The fraction of sp³-hybridized carbons (Fsp3) is 0.278. The van der Waals surface area contributed by atoms with E-state index in [2.05, 4.69) is 0 Å². The van der Waals surface area contributed by atoms with Crippen LogP contribution in [0.15, 0.2) is 48.5 Å². The maximum Gasteiger partial charge on any atom is 0.134 e. The lowest BCUT2D eigenvalue weighted by Gasteiger charge is -2.03. The summed E-state index contributed by atoms with van der Waals surface area (Å²) >= 11 is 0. The van der Waals surface area contributed by atoms with Crippen LogP contribution in [0.2, 0.25) is 0 Å². The van der Waals surface area contributed by atoms with Crippen LogP contribution < -0.4 is 5.73 Å². The minimum atomic E-state index is 0.135. The summed E-state index contributed by atoms with van der Waals surface area (Å²) in [5.41, 5.74) is 7.70. The van der Waals surface area contributed by atoms with Gasteiger partial charge >= 0.3 is 0 Å². The van der Waals surface area contributed by atoms with Crippen LogP contribution in [0.5, 0.6) is 11.5 Å². The number of carbonyl (C=O) groups excluding carboxylic acids is 1. The molecule has 0 saturated carbocycles. The molecule has 2 aromatic rings. The van der Waals surface area contributed by atoms with Crippen LogP contribution in [0, 0.1) is 0 Å². The number of phenolic OH excluding ortho intramolecular Hbond substituents is 2. The van der Waals surface area contributed by atoms with Gasteiger partial charge in [0.1, 0.15) is 17.3 Å². The number of Topliss-reactive ketones (excluding diaryl/α,β-unsaturated/α-hetero) is 1. The zero-order valence-corrected chi connectivity index (χ0v) is 13.0. The predicted molar refractivity (Wildman–Crippen MR) is 88.0 cm³/mol. The normalized spacial score (nSPS) is 11.2. The van der Waals surface area contributed by atoms with Gasteiger partial charge in [-0.2, -0.15) is 0 Å². The van der Waals surface area contributed by atoms with Gasteiger partial charge in [0.05, 0.1) is 0 Å². The van der Waals surface area contributed by atoms with E-state index >= 15 is 0 Å². The zero-order valence-electron chi connectivity index (χ0n) is 13.0.